The molecule has 0 atom stereocenters. The Morgan fingerprint density at radius 3 is 2.94 bits per heavy atom. The van der Waals surface area contributed by atoms with E-state index in [1.165, 1.54) is 6.08 Å². The highest BCUT2D eigenvalue weighted by Crippen LogP contribution is 2.28. The Morgan fingerprint density at radius 1 is 1.53 bits per heavy atom. The van der Waals surface area contributed by atoms with Gasteiger partial charge < -0.3 is 10.4 Å². The second kappa shape index (κ2) is 5.47. The predicted molar refractivity (Wildman–Crippen MR) is 69.8 cm³/mol. The summed E-state index contributed by atoms with van der Waals surface area (Å²) in [6, 6.07) is 1.96. The van der Waals surface area contributed by atoms with Crippen LogP contribution in [0.1, 0.15) is 31.2 Å². The van der Waals surface area contributed by atoms with Crippen LogP contribution < -0.4 is 5.32 Å². The summed E-state index contributed by atoms with van der Waals surface area (Å²) in [5.41, 5.74) is 0.357. The lowest BCUT2D eigenvalue weighted by Crippen LogP contribution is -2.40. The lowest BCUT2D eigenvalue weighted by Gasteiger charge is -2.21. The molecule has 1 heterocycles. The second-order valence-electron chi connectivity index (χ2n) is 4.54. The first-order valence-corrected chi connectivity index (χ1v) is 6.83. The first-order valence-electron chi connectivity index (χ1n) is 5.88. The molecule has 0 unspecified atom stereocenters. The molecule has 1 aromatic rings. The summed E-state index contributed by atoms with van der Waals surface area (Å²) in [7, 11) is 0. The molecule has 3 nitrogen and oxygen atoms in total. The molecule has 0 aromatic carbocycles. The van der Waals surface area contributed by atoms with Crippen molar-refractivity contribution in [2.75, 3.05) is 6.54 Å². The molecule has 2 N–H and O–H groups in total. The van der Waals surface area contributed by atoms with Gasteiger partial charge in [0.1, 0.15) is 0 Å². The van der Waals surface area contributed by atoms with Gasteiger partial charge in [-0.2, -0.15) is 11.3 Å². The van der Waals surface area contributed by atoms with Crippen molar-refractivity contribution >= 4 is 23.3 Å². The molecule has 17 heavy (non-hydrogen) atoms. The van der Waals surface area contributed by atoms with Gasteiger partial charge in [-0.3, -0.25) is 4.79 Å². The number of nitrogens with one attached hydrogen (secondary N) is 1. The summed E-state index contributed by atoms with van der Waals surface area (Å²) >= 11 is 1.60. The Bertz CT molecular complexity index is 392. The molecule has 1 amide bonds. The number of amides is 1. The number of hydrogen-bond acceptors (Lipinski definition) is 3. The maximum absolute atomic E-state index is 11.5. The Balaban J connectivity index is 1.78. The topological polar surface area (TPSA) is 49.3 Å². The molecule has 0 aliphatic heterocycles. The summed E-state index contributed by atoms with van der Waals surface area (Å²) in [6.45, 7) is 0.361. The highest BCUT2D eigenvalue weighted by molar-refractivity contribution is 7.08. The van der Waals surface area contributed by atoms with Gasteiger partial charge in [-0.05, 0) is 41.3 Å². The summed E-state index contributed by atoms with van der Waals surface area (Å²) in [4.78, 5) is 11.5. The zero-order valence-corrected chi connectivity index (χ0v) is 10.5. The van der Waals surface area contributed by atoms with Crippen LogP contribution >= 0.6 is 11.3 Å². The first-order chi connectivity index (χ1) is 8.18. The molecule has 0 radical (unpaired) electrons. The normalized spacial score (nSPS) is 18.6. The van der Waals surface area contributed by atoms with Crippen LogP contribution in [0.25, 0.3) is 6.08 Å². The third kappa shape index (κ3) is 3.68. The first kappa shape index (κ1) is 12.3. The number of carbonyl (C=O) groups is 1. The molecular formula is C13H17NO2S. The van der Waals surface area contributed by atoms with E-state index in [0.29, 0.717) is 6.54 Å². The largest absolute Gasteiger partial charge is 0.388 e. The summed E-state index contributed by atoms with van der Waals surface area (Å²) in [5.74, 6) is -0.142. The zero-order valence-electron chi connectivity index (χ0n) is 9.69. The fourth-order valence-corrected chi connectivity index (χ4v) is 2.69. The van der Waals surface area contributed by atoms with Crippen molar-refractivity contribution in [3.05, 3.63) is 28.5 Å². The van der Waals surface area contributed by atoms with Crippen molar-refractivity contribution in [3.8, 4) is 0 Å². The van der Waals surface area contributed by atoms with E-state index in [1.807, 2.05) is 16.8 Å². The third-order valence-corrected chi connectivity index (χ3v) is 3.80. The zero-order chi connectivity index (χ0) is 12.1. The molecule has 1 fully saturated rings. The van der Waals surface area contributed by atoms with Crippen LogP contribution in [-0.4, -0.2) is 23.2 Å². The van der Waals surface area contributed by atoms with Crippen LogP contribution in [0.15, 0.2) is 22.9 Å². The van der Waals surface area contributed by atoms with Crippen LogP contribution in [0.5, 0.6) is 0 Å². The van der Waals surface area contributed by atoms with Gasteiger partial charge in [0, 0.05) is 12.6 Å². The molecule has 92 valence electrons. The molecule has 0 spiro atoms. The Hall–Kier alpha value is -1.13. The summed E-state index contributed by atoms with van der Waals surface area (Å²) in [6.07, 6.45) is 6.99. The molecule has 1 aliphatic rings. The molecule has 4 heteroatoms. The van der Waals surface area contributed by atoms with Crippen LogP contribution in [0.3, 0.4) is 0 Å². The molecule has 2 rings (SSSR count). The number of rotatable bonds is 4. The fourth-order valence-electron chi connectivity index (χ4n) is 2.06. The summed E-state index contributed by atoms with van der Waals surface area (Å²) < 4.78 is 0. The van der Waals surface area contributed by atoms with Crippen molar-refractivity contribution < 1.29 is 9.90 Å². The molecule has 0 saturated heterocycles. The molecule has 1 aliphatic carbocycles. The van der Waals surface area contributed by atoms with Gasteiger partial charge in [0.15, 0.2) is 0 Å². The number of hydrogen-bond donors (Lipinski definition) is 2. The minimum atomic E-state index is -0.675. The maximum Gasteiger partial charge on any atom is 0.244 e. The quantitative estimate of drug-likeness (QED) is 0.806. The molecule has 1 aromatic heterocycles. The van der Waals surface area contributed by atoms with Crippen LogP contribution in [0.2, 0.25) is 0 Å². The maximum atomic E-state index is 11.5. The van der Waals surface area contributed by atoms with E-state index in [-0.39, 0.29) is 5.91 Å². The van der Waals surface area contributed by atoms with E-state index in [4.69, 9.17) is 0 Å². The minimum Gasteiger partial charge on any atom is -0.388 e. The van der Waals surface area contributed by atoms with E-state index in [0.717, 1.165) is 31.2 Å². The minimum absolute atomic E-state index is 0.142. The predicted octanol–water partition coefficient (Wildman–Crippen LogP) is 2.18. The van der Waals surface area contributed by atoms with Crippen molar-refractivity contribution in [3.63, 3.8) is 0 Å². The number of carbonyl (C=O) groups excluding carboxylic acids is 1. The van der Waals surface area contributed by atoms with Gasteiger partial charge in [0.2, 0.25) is 5.91 Å². The average molecular weight is 251 g/mol. The number of thiophene rings is 1. The van der Waals surface area contributed by atoms with Crippen molar-refractivity contribution in [2.24, 2.45) is 0 Å². The van der Waals surface area contributed by atoms with Gasteiger partial charge in [-0.1, -0.05) is 12.8 Å². The van der Waals surface area contributed by atoms with Crippen molar-refractivity contribution in [1.82, 2.24) is 5.32 Å². The van der Waals surface area contributed by atoms with Crippen molar-refractivity contribution in [1.29, 1.82) is 0 Å². The SMILES string of the molecule is O=C(C=Cc1ccsc1)NCC1(O)CCCC1. The van der Waals surface area contributed by atoms with E-state index in [1.54, 1.807) is 17.4 Å². The third-order valence-electron chi connectivity index (χ3n) is 3.10. The Morgan fingerprint density at radius 2 is 2.29 bits per heavy atom. The average Bonchev–Trinajstić information content (AvgIpc) is 2.95. The van der Waals surface area contributed by atoms with Gasteiger partial charge in [0.05, 0.1) is 5.60 Å². The van der Waals surface area contributed by atoms with Crippen molar-refractivity contribution in [2.45, 2.75) is 31.3 Å². The van der Waals surface area contributed by atoms with Gasteiger partial charge in [0.25, 0.3) is 0 Å². The molecule has 1 saturated carbocycles. The Labute approximate surface area is 105 Å². The number of aliphatic hydroxyl groups is 1. The van der Waals surface area contributed by atoms with Crippen LogP contribution in [-0.2, 0) is 4.79 Å². The van der Waals surface area contributed by atoms with Gasteiger partial charge in [-0.15, -0.1) is 0 Å². The second-order valence-corrected chi connectivity index (χ2v) is 5.32. The lowest BCUT2D eigenvalue weighted by molar-refractivity contribution is -0.117. The Kier molecular flexibility index (Phi) is 3.97. The smallest absolute Gasteiger partial charge is 0.244 e. The molecule has 0 bridgehead atoms. The standard InChI is InChI=1S/C13H17NO2S/c15-12(4-3-11-5-8-17-9-11)14-10-13(16)6-1-2-7-13/h3-5,8-9,16H,1-2,6-7,10H2,(H,14,15). The van der Waals surface area contributed by atoms with Gasteiger partial charge >= 0.3 is 0 Å². The highest BCUT2D eigenvalue weighted by atomic mass is 32.1. The van der Waals surface area contributed by atoms with Gasteiger partial charge in [-0.25, -0.2) is 0 Å². The van der Waals surface area contributed by atoms with Crippen LogP contribution in [0.4, 0.5) is 0 Å². The van der Waals surface area contributed by atoms with E-state index >= 15 is 0 Å². The molecular weight excluding hydrogens is 234 g/mol. The highest BCUT2D eigenvalue weighted by Gasteiger charge is 2.30. The summed E-state index contributed by atoms with van der Waals surface area (Å²) in [5, 5.41) is 16.8. The monoisotopic (exact) mass is 251 g/mol. The van der Waals surface area contributed by atoms with E-state index in [9.17, 15) is 9.90 Å². The van der Waals surface area contributed by atoms with E-state index in [2.05, 4.69) is 5.32 Å². The lowest BCUT2D eigenvalue weighted by atomic mass is 10.0. The fraction of sp³-hybridized carbons (Fsp3) is 0.462. The van der Waals surface area contributed by atoms with Crippen LogP contribution in [0, 0.1) is 0 Å². The van der Waals surface area contributed by atoms with E-state index < -0.39 is 5.60 Å².